The summed E-state index contributed by atoms with van der Waals surface area (Å²) in [4.78, 5) is 7.21. The maximum atomic E-state index is 12.0. The fourth-order valence-electron chi connectivity index (χ4n) is 1.33. The zero-order valence-electron chi connectivity index (χ0n) is 10.3. The van der Waals surface area contributed by atoms with Crippen molar-refractivity contribution in [3.8, 4) is 0 Å². The van der Waals surface area contributed by atoms with Gasteiger partial charge in [-0.05, 0) is 25.4 Å². The van der Waals surface area contributed by atoms with E-state index in [0.29, 0.717) is 5.69 Å². The van der Waals surface area contributed by atoms with Crippen molar-refractivity contribution >= 4 is 27.3 Å². The molecule has 0 aliphatic heterocycles. The number of nitrogens with one attached hydrogen (secondary N) is 1. The van der Waals surface area contributed by atoms with Gasteiger partial charge in [-0.25, -0.2) is 18.4 Å². The van der Waals surface area contributed by atoms with Crippen LogP contribution in [0, 0.1) is 0 Å². The van der Waals surface area contributed by atoms with Crippen molar-refractivity contribution in [3.63, 3.8) is 0 Å². The second-order valence-corrected chi connectivity index (χ2v) is 6.12. The highest BCUT2D eigenvalue weighted by atomic mass is 35.5. The van der Waals surface area contributed by atoms with Crippen LogP contribution in [0.1, 0.15) is 19.9 Å². The summed E-state index contributed by atoms with van der Waals surface area (Å²) >= 11 is 5.51. The van der Waals surface area contributed by atoms with Gasteiger partial charge in [0.05, 0.1) is 24.3 Å². The number of rotatable bonds is 4. The van der Waals surface area contributed by atoms with Crippen LogP contribution in [0.5, 0.6) is 0 Å². The Kier molecular flexibility index (Phi) is 3.72. The molecule has 1 N–H and O–H groups in total. The Hall–Kier alpha value is -1.67. The van der Waals surface area contributed by atoms with Crippen molar-refractivity contribution in [3.05, 3.63) is 30.1 Å². The molecule has 2 rings (SSSR count). The van der Waals surface area contributed by atoms with Crippen LogP contribution in [0.25, 0.3) is 0 Å². The molecule has 2 heterocycles. The molecule has 0 unspecified atom stereocenters. The van der Waals surface area contributed by atoms with Gasteiger partial charge in [-0.3, -0.25) is 9.40 Å². The van der Waals surface area contributed by atoms with Crippen molar-refractivity contribution < 1.29 is 8.42 Å². The van der Waals surface area contributed by atoms with E-state index < -0.39 is 10.0 Å². The summed E-state index contributed by atoms with van der Waals surface area (Å²) in [6, 6.07) is 0.150. The Morgan fingerprint density at radius 1 is 1.26 bits per heavy atom. The Labute approximate surface area is 115 Å². The van der Waals surface area contributed by atoms with E-state index in [2.05, 4.69) is 19.8 Å². The Bertz CT molecular complexity index is 665. The van der Waals surface area contributed by atoms with Crippen LogP contribution in [0.2, 0.25) is 5.28 Å². The van der Waals surface area contributed by atoms with Gasteiger partial charge in [-0.2, -0.15) is 5.10 Å². The molecule has 0 saturated heterocycles. The molecule has 0 saturated carbocycles. The molecular weight excluding hydrogens is 290 g/mol. The molecule has 2 aromatic heterocycles. The van der Waals surface area contributed by atoms with Crippen LogP contribution in [-0.2, 0) is 10.0 Å². The van der Waals surface area contributed by atoms with Crippen molar-refractivity contribution in [2.45, 2.75) is 24.8 Å². The highest BCUT2D eigenvalue weighted by molar-refractivity contribution is 7.92. The van der Waals surface area contributed by atoms with Gasteiger partial charge in [-0.15, -0.1) is 0 Å². The van der Waals surface area contributed by atoms with E-state index in [0.717, 1.165) is 12.4 Å². The first-order valence-electron chi connectivity index (χ1n) is 5.43. The standard InChI is InChI=1S/C10H12ClN5O2S/c1-7(2)16-6-8(3-14-16)15-19(17,18)9-4-12-10(11)13-5-9/h3-7,15H,1-2H3. The van der Waals surface area contributed by atoms with E-state index in [9.17, 15) is 8.42 Å². The van der Waals surface area contributed by atoms with E-state index in [4.69, 9.17) is 11.6 Å². The normalized spacial score (nSPS) is 11.8. The van der Waals surface area contributed by atoms with Gasteiger partial charge in [0.2, 0.25) is 5.28 Å². The van der Waals surface area contributed by atoms with Gasteiger partial charge < -0.3 is 0 Å². The van der Waals surface area contributed by atoms with Gasteiger partial charge in [0.25, 0.3) is 10.0 Å². The summed E-state index contributed by atoms with van der Waals surface area (Å²) in [6.45, 7) is 3.89. The van der Waals surface area contributed by atoms with Gasteiger partial charge in [0.1, 0.15) is 4.90 Å². The molecule has 0 bridgehead atoms. The van der Waals surface area contributed by atoms with Crippen molar-refractivity contribution in [2.24, 2.45) is 0 Å². The SMILES string of the molecule is CC(C)n1cc(NS(=O)(=O)c2cnc(Cl)nc2)cn1. The first-order valence-corrected chi connectivity index (χ1v) is 7.29. The molecule has 7 nitrogen and oxygen atoms in total. The lowest BCUT2D eigenvalue weighted by Crippen LogP contribution is -2.13. The summed E-state index contributed by atoms with van der Waals surface area (Å²) in [7, 11) is -3.73. The molecule has 0 aliphatic rings. The van der Waals surface area contributed by atoms with Crippen LogP contribution in [0.3, 0.4) is 0 Å². The predicted molar refractivity (Wildman–Crippen MR) is 70.5 cm³/mol. The lowest BCUT2D eigenvalue weighted by molar-refractivity contribution is 0.532. The number of sulfonamides is 1. The second-order valence-electron chi connectivity index (χ2n) is 4.10. The molecule has 0 radical (unpaired) electrons. The van der Waals surface area contributed by atoms with Gasteiger partial charge in [0, 0.05) is 12.2 Å². The highest BCUT2D eigenvalue weighted by Crippen LogP contribution is 2.16. The van der Waals surface area contributed by atoms with Crippen LogP contribution >= 0.6 is 11.6 Å². The predicted octanol–water partition coefficient (Wildman–Crippen LogP) is 1.71. The van der Waals surface area contributed by atoms with Gasteiger partial charge in [0.15, 0.2) is 0 Å². The molecule has 19 heavy (non-hydrogen) atoms. The number of nitrogens with zero attached hydrogens (tertiary/aromatic N) is 4. The number of hydrogen-bond acceptors (Lipinski definition) is 5. The Morgan fingerprint density at radius 3 is 2.42 bits per heavy atom. The molecular formula is C10H12ClN5O2S. The Morgan fingerprint density at radius 2 is 1.89 bits per heavy atom. The van der Waals surface area contributed by atoms with E-state index in [-0.39, 0.29) is 16.2 Å². The summed E-state index contributed by atoms with van der Waals surface area (Å²) in [5, 5.41) is 4.04. The van der Waals surface area contributed by atoms with E-state index >= 15 is 0 Å². The van der Waals surface area contributed by atoms with E-state index in [1.807, 2.05) is 13.8 Å². The summed E-state index contributed by atoms with van der Waals surface area (Å²) in [5.74, 6) is 0. The maximum absolute atomic E-state index is 12.0. The number of aromatic nitrogens is 4. The zero-order valence-corrected chi connectivity index (χ0v) is 11.9. The van der Waals surface area contributed by atoms with E-state index in [1.165, 1.54) is 6.20 Å². The molecule has 0 spiro atoms. The topological polar surface area (TPSA) is 89.8 Å². The minimum Gasteiger partial charge on any atom is -0.276 e. The van der Waals surface area contributed by atoms with Crippen LogP contribution in [0.4, 0.5) is 5.69 Å². The lowest BCUT2D eigenvalue weighted by Gasteiger charge is -2.05. The Balaban J connectivity index is 2.23. The molecule has 0 aliphatic carbocycles. The highest BCUT2D eigenvalue weighted by Gasteiger charge is 2.16. The molecule has 102 valence electrons. The van der Waals surface area contributed by atoms with Gasteiger partial charge in [-0.1, -0.05) is 0 Å². The van der Waals surface area contributed by atoms with Crippen molar-refractivity contribution in [1.82, 2.24) is 19.7 Å². The maximum Gasteiger partial charge on any atom is 0.265 e. The molecule has 0 fully saturated rings. The first kappa shape index (κ1) is 13.8. The largest absolute Gasteiger partial charge is 0.276 e. The third-order valence-electron chi connectivity index (χ3n) is 2.29. The molecule has 0 atom stereocenters. The monoisotopic (exact) mass is 301 g/mol. The quantitative estimate of drug-likeness (QED) is 0.868. The number of anilines is 1. The summed E-state index contributed by atoms with van der Waals surface area (Å²) < 4.78 is 28.1. The fraction of sp³-hybridized carbons (Fsp3) is 0.300. The van der Waals surface area contributed by atoms with Crippen LogP contribution in [-0.4, -0.2) is 28.2 Å². The van der Waals surface area contributed by atoms with Crippen LogP contribution in [0.15, 0.2) is 29.7 Å². The van der Waals surface area contributed by atoms with E-state index in [1.54, 1.807) is 10.9 Å². The minimum atomic E-state index is -3.73. The average molecular weight is 302 g/mol. The molecule has 2 aromatic rings. The van der Waals surface area contributed by atoms with Crippen molar-refractivity contribution in [2.75, 3.05) is 4.72 Å². The number of hydrogen-bond donors (Lipinski definition) is 1. The second kappa shape index (κ2) is 5.14. The molecule has 0 amide bonds. The molecule has 9 heteroatoms. The molecule has 0 aromatic carbocycles. The van der Waals surface area contributed by atoms with Gasteiger partial charge >= 0.3 is 0 Å². The fourth-order valence-corrected chi connectivity index (χ4v) is 2.34. The third kappa shape index (κ3) is 3.21. The minimum absolute atomic E-state index is 0.00780. The number of halogens is 1. The summed E-state index contributed by atoms with van der Waals surface area (Å²) in [6.07, 6.45) is 5.34. The zero-order chi connectivity index (χ0) is 14.0. The third-order valence-corrected chi connectivity index (χ3v) is 3.82. The lowest BCUT2D eigenvalue weighted by atomic mass is 10.4. The average Bonchev–Trinajstić information content (AvgIpc) is 2.77. The summed E-state index contributed by atoms with van der Waals surface area (Å²) in [5.41, 5.74) is 0.378. The smallest absolute Gasteiger partial charge is 0.265 e. The van der Waals surface area contributed by atoms with Crippen molar-refractivity contribution in [1.29, 1.82) is 0 Å². The first-order chi connectivity index (χ1) is 8.88. The van der Waals surface area contributed by atoms with Crippen LogP contribution < -0.4 is 4.72 Å².